The van der Waals surface area contributed by atoms with Crippen molar-refractivity contribution >= 4 is 33.2 Å². The van der Waals surface area contributed by atoms with Crippen molar-refractivity contribution in [1.82, 2.24) is 5.32 Å². The number of carbonyl (C=O) groups is 1. The molecule has 20 heavy (non-hydrogen) atoms. The van der Waals surface area contributed by atoms with Gasteiger partial charge in [-0.1, -0.05) is 28.1 Å². The Balaban J connectivity index is 2.20. The van der Waals surface area contributed by atoms with Crippen LogP contribution in [-0.2, 0) is 16.1 Å². The number of halogens is 2. The molecule has 0 aliphatic rings. The molecule has 2 aromatic rings. The first-order valence-corrected chi connectivity index (χ1v) is 7.57. The highest BCUT2D eigenvalue weighted by molar-refractivity contribution is 9.10. The molecule has 106 valence electrons. The zero-order valence-electron chi connectivity index (χ0n) is 10.7. The number of carbonyl (C=O) groups excluding carboxylic acids is 1. The molecule has 0 saturated heterocycles. The lowest BCUT2D eigenvalue weighted by atomic mass is 10.1. The molecule has 0 spiro atoms. The fourth-order valence-corrected chi connectivity index (χ4v) is 2.78. The van der Waals surface area contributed by atoms with Gasteiger partial charge >= 0.3 is 5.97 Å². The monoisotopic (exact) mass is 357 g/mol. The number of nitrogens with one attached hydrogen (secondary N) is 1. The summed E-state index contributed by atoms with van der Waals surface area (Å²) >= 11 is 4.77. The van der Waals surface area contributed by atoms with E-state index in [0.717, 1.165) is 4.88 Å². The average Bonchev–Trinajstić information content (AvgIpc) is 2.93. The average molecular weight is 358 g/mol. The molecule has 1 N–H and O–H groups in total. The van der Waals surface area contributed by atoms with Gasteiger partial charge in [0.25, 0.3) is 0 Å². The molecule has 0 saturated carbocycles. The number of ether oxygens (including phenoxy) is 1. The van der Waals surface area contributed by atoms with Gasteiger partial charge in [-0.25, -0.2) is 9.18 Å². The van der Waals surface area contributed by atoms with Crippen molar-refractivity contribution in [1.29, 1.82) is 0 Å². The lowest BCUT2D eigenvalue weighted by Gasteiger charge is -2.17. The van der Waals surface area contributed by atoms with Crippen LogP contribution in [0.25, 0.3) is 0 Å². The minimum absolute atomic E-state index is 0.275. The molecular formula is C14H13BrFNO2S. The maximum Gasteiger partial charge on any atom is 0.327 e. The van der Waals surface area contributed by atoms with E-state index in [1.807, 2.05) is 17.5 Å². The fraction of sp³-hybridized carbons (Fsp3) is 0.214. The molecule has 0 bridgehead atoms. The fourth-order valence-electron chi connectivity index (χ4n) is 1.79. The Labute approximate surface area is 128 Å². The number of hydrogen-bond donors (Lipinski definition) is 1. The molecule has 0 radical (unpaired) electrons. The molecule has 1 atom stereocenters. The van der Waals surface area contributed by atoms with E-state index in [-0.39, 0.29) is 5.56 Å². The largest absolute Gasteiger partial charge is 0.468 e. The Hall–Kier alpha value is -1.24. The maximum atomic E-state index is 14.0. The van der Waals surface area contributed by atoms with E-state index in [9.17, 15) is 9.18 Å². The van der Waals surface area contributed by atoms with Crippen LogP contribution < -0.4 is 5.32 Å². The van der Waals surface area contributed by atoms with Crippen molar-refractivity contribution in [3.05, 3.63) is 56.4 Å². The summed E-state index contributed by atoms with van der Waals surface area (Å²) in [6, 6.07) is 7.65. The van der Waals surface area contributed by atoms with Crippen molar-refractivity contribution in [2.75, 3.05) is 7.11 Å². The van der Waals surface area contributed by atoms with E-state index in [4.69, 9.17) is 4.74 Å². The summed E-state index contributed by atoms with van der Waals surface area (Å²) in [5.74, 6) is -0.962. The van der Waals surface area contributed by atoms with Crippen LogP contribution in [0.4, 0.5) is 4.39 Å². The first-order chi connectivity index (χ1) is 9.61. The SMILES string of the molecule is COC(=O)C(NCc1cccs1)c1ccc(Br)cc1F. The third-order valence-electron chi connectivity index (χ3n) is 2.77. The third-order valence-corrected chi connectivity index (χ3v) is 4.14. The number of rotatable bonds is 5. The van der Waals surface area contributed by atoms with Crippen LogP contribution in [0.2, 0.25) is 0 Å². The van der Waals surface area contributed by atoms with Crippen LogP contribution in [-0.4, -0.2) is 13.1 Å². The molecule has 1 unspecified atom stereocenters. The lowest BCUT2D eigenvalue weighted by Crippen LogP contribution is -2.29. The normalized spacial score (nSPS) is 12.2. The van der Waals surface area contributed by atoms with Gasteiger partial charge in [-0.05, 0) is 23.6 Å². The van der Waals surface area contributed by atoms with E-state index in [1.165, 1.54) is 13.2 Å². The standard InChI is InChI=1S/C14H13BrFNO2S/c1-19-14(18)13(17-8-10-3-2-6-20-10)11-5-4-9(15)7-12(11)16/h2-7,13,17H,8H2,1H3. The molecule has 1 heterocycles. The highest BCUT2D eigenvalue weighted by Crippen LogP contribution is 2.23. The summed E-state index contributed by atoms with van der Waals surface area (Å²) in [5.41, 5.74) is 0.275. The highest BCUT2D eigenvalue weighted by atomic mass is 79.9. The smallest absolute Gasteiger partial charge is 0.327 e. The zero-order chi connectivity index (χ0) is 14.5. The van der Waals surface area contributed by atoms with Crippen molar-refractivity contribution < 1.29 is 13.9 Å². The summed E-state index contributed by atoms with van der Waals surface area (Å²) in [6.07, 6.45) is 0. The Kier molecular flexibility index (Phi) is 5.28. The van der Waals surface area contributed by atoms with E-state index < -0.39 is 17.8 Å². The quantitative estimate of drug-likeness (QED) is 0.830. The maximum absolute atomic E-state index is 14.0. The number of hydrogen-bond acceptors (Lipinski definition) is 4. The van der Waals surface area contributed by atoms with Crippen molar-refractivity contribution in [3.63, 3.8) is 0 Å². The van der Waals surface area contributed by atoms with Crippen molar-refractivity contribution in [2.45, 2.75) is 12.6 Å². The first kappa shape index (κ1) is 15.2. The van der Waals surface area contributed by atoms with Gasteiger partial charge < -0.3 is 4.74 Å². The van der Waals surface area contributed by atoms with Gasteiger partial charge in [0, 0.05) is 21.5 Å². The van der Waals surface area contributed by atoms with E-state index in [1.54, 1.807) is 23.5 Å². The number of esters is 1. The first-order valence-electron chi connectivity index (χ1n) is 5.90. The van der Waals surface area contributed by atoms with E-state index in [2.05, 4.69) is 21.2 Å². The molecule has 6 heteroatoms. The van der Waals surface area contributed by atoms with Gasteiger partial charge in [-0.15, -0.1) is 11.3 Å². The summed E-state index contributed by atoms with van der Waals surface area (Å²) in [4.78, 5) is 12.9. The minimum Gasteiger partial charge on any atom is -0.468 e. The van der Waals surface area contributed by atoms with Crippen molar-refractivity contribution in [2.24, 2.45) is 0 Å². The van der Waals surface area contributed by atoms with Gasteiger partial charge in [0.1, 0.15) is 11.9 Å². The molecule has 0 amide bonds. The summed E-state index contributed by atoms with van der Waals surface area (Å²) in [7, 11) is 1.29. The number of benzene rings is 1. The van der Waals surface area contributed by atoms with E-state index in [0.29, 0.717) is 11.0 Å². The second-order valence-corrected chi connectivity index (χ2v) is 6.03. The molecule has 1 aromatic carbocycles. The second kappa shape index (κ2) is 6.97. The van der Waals surface area contributed by atoms with Crippen molar-refractivity contribution in [3.8, 4) is 0 Å². The second-order valence-electron chi connectivity index (χ2n) is 4.08. The van der Waals surface area contributed by atoms with E-state index >= 15 is 0 Å². The molecule has 0 fully saturated rings. The molecule has 0 aliphatic carbocycles. The predicted octanol–water partition coefficient (Wildman–Crippen LogP) is 3.65. The highest BCUT2D eigenvalue weighted by Gasteiger charge is 2.24. The Bertz CT molecular complexity index is 589. The van der Waals surface area contributed by atoms with Crippen LogP contribution in [0.15, 0.2) is 40.2 Å². The molecule has 2 rings (SSSR count). The summed E-state index contributed by atoms with van der Waals surface area (Å²) < 4.78 is 19.4. The summed E-state index contributed by atoms with van der Waals surface area (Å²) in [6.45, 7) is 0.479. The van der Waals surface area contributed by atoms with Crippen LogP contribution in [0.3, 0.4) is 0 Å². The lowest BCUT2D eigenvalue weighted by molar-refractivity contribution is -0.143. The molecular weight excluding hydrogens is 345 g/mol. The topological polar surface area (TPSA) is 38.3 Å². The van der Waals surface area contributed by atoms with Gasteiger partial charge in [0.15, 0.2) is 0 Å². The zero-order valence-corrected chi connectivity index (χ0v) is 13.1. The van der Waals surface area contributed by atoms with Gasteiger partial charge in [0.05, 0.1) is 7.11 Å². The Morgan fingerprint density at radius 3 is 2.90 bits per heavy atom. The molecule has 1 aromatic heterocycles. The molecule has 3 nitrogen and oxygen atoms in total. The Morgan fingerprint density at radius 1 is 1.50 bits per heavy atom. The van der Waals surface area contributed by atoms with Gasteiger partial charge in [0.2, 0.25) is 0 Å². The predicted molar refractivity (Wildman–Crippen MR) is 80.0 cm³/mol. The number of methoxy groups -OCH3 is 1. The minimum atomic E-state index is -0.824. The van der Waals surface area contributed by atoms with Gasteiger partial charge in [-0.3, -0.25) is 5.32 Å². The van der Waals surface area contributed by atoms with Gasteiger partial charge in [-0.2, -0.15) is 0 Å². The van der Waals surface area contributed by atoms with Crippen LogP contribution in [0.1, 0.15) is 16.5 Å². The number of thiophene rings is 1. The van der Waals surface area contributed by atoms with Crippen LogP contribution >= 0.6 is 27.3 Å². The molecule has 0 aliphatic heterocycles. The van der Waals surface area contributed by atoms with Crippen LogP contribution in [0.5, 0.6) is 0 Å². The third kappa shape index (κ3) is 3.65. The summed E-state index contributed by atoms with van der Waals surface area (Å²) in [5, 5.41) is 4.98. The Morgan fingerprint density at radius 2 is 2.30 bits per heavy atom. The van der Waals surface area contributed by atoms with Crippen LogP contribution in [0, 0.1) is 5.82 Å².